The monoisotopic (exact) mass is 340 g/mol. The Hall–Kier alpha value is -3.15. The van der Waals surface area contributed by atoms with Crippen molar-refractivity contribution >= 4 is 29.2 Å². The number of hydrogen-bond acceptors (Lipinski definition) is 3. The lowest BCUT2D eigenvalue weighted by atomic mass is 9.95. The second kappa shape index (κ2) is 7.17. The van der Waals surface area contributed by atoms with E-state index in [0.717, 1.165) is 0 Å². The third kappa shape index (κ3) is 4.91. The number of rotatable bonds is 4. The summed E-state index contributed by atoms with van der Waals surface area (Å²) in [6.07, 6.45) is 0. The maximum absolute atomic E-state index is 12.2. The minimum absolute atomic E-state index is 0.108. The molecular formula is C19H20N2O4. The number of nitrogens with one attached hydrogen (secondary N) is 2. The zero-order valence-electron chi connectivity index (χ0n) is 14.3. The zero-order chi connectivity index (χ0) is 18.6. The molecule has 6 heteroatoms. The summed E-state index contributed by atoms with van der Waals surface area (Å²) in [6.45, 7) is 5.46. The molecular weight excluding hydrogens is 320 g/mol. The van der Waals surface area contributed by atoms with Gasteiger partial charge in [-0.2, -0.15) is 0 Å². The van der Waals surface area contributed by atoms with Crippen LogP contribution in [0.15, 0.2) is 48.5 Å². The van der Waals surface area contributed by atoms with Crippen LogP contribution < -0.4 is 10.6 Å². The summed E-state index contributed by atoms with van der Waals surface area (Å²) in [6, 6.07) is 12.4. The first kappa shape index (κ1) is 18.2. The largest absolute Gasteiger partial charge is 0.478 e. The molecule has 0 heterocycles. The highest BCUT2D eigenvalue weighted by Crippen LogP contribution is 2.18. The first-order valence-corrected chi connectivity index (χ1v) is 7.73. The van der Waals surface area contributed by atoms with Crippen molar-refractivity contribution in [1.82, 2.24) is 0 Å². The van der Waals surface area contributed by atoms with Crippen molar-refractivity contribution < 1.29 is 19.5 Å². The molecule has 25 heavy (non-hydrogen) atoms. The van der Waals surface area contributed by atoms with Gasteiger partial charge in [-0.15, -0.1) is 0 Å². The van der Waals surface area contributed by atoms with Gasteiger partial charge in [-0.3, -0.25) is 9.59 Å². The average molecular weight is 340 g/mol. The number of anilines is 2. The molecule has 0 radical (unpaired) electrons. The molecule has 130 valence electrons. The maximum atomic E-state index is 12.2. The van der Waals surface area contributed by atoms with Gasteiger partial charge in [0, 0.05) is 22.4 Å². The standard InChI is InChI=1S/C19H20N2O4/c1-19(2,3)18(25)21-15-8-4-12(5-9-15)16(22)20-14-10-6-13(7-11-14)17(23)24/h4-11H,1-3H3,(H,20,22)(H,21,25)(H,23,24). The van der Waals surface area contributed by atoms with E-state index >= 15 is 0 Å². The minimum Gasteiger partial charge on any atom is -0.478 e. The maximum Gasteiger partial charge on any atom is 0.335 e. The van der Waals surface area contributed by atoms with Gasteiger partial charge in [0.15, 0.2) is 0 Å². The van der Waals surface area contributed by atoms with E-state index in [-0.39, 0.29) is 17.4 Å². The van der Waals surface area contributed by atoms with Gasteiger partial charge in [-0.1, -0.05) is 20.8 Å². The van der Waals surface area contributed by atoms with E-state index in [1.807, 2.05) is 20.8 Å². The molecule has 2 amide bonds. The Balaban J connectivity index is 2.02. The number of amides is 2. The van der Waals surface area contributed by atoms with E-state index in [9.17, 15) is 14.4 Å². The lowest BCUT2D eigenvalue weighted by Crippen LogP contribution is -2.27. The second-order valence-electron chi connectivity index (χ2n) is 6.62. The highest BCUT2D eigenvalue weighted by atomic mass is 16.4. The van der Waals surface area contributed by atoms with Crippen LogP contribution in [0.4, 0.5) is 11.4 Å². The van der Waals surface area contributed by atoms with Crippen LogP contribution in [0.25, 0.3) is 0 Å². The van der Waals surface area contributed by atoms with Gasteiger partial charge in [0.2, 0.25) is 5.91 Å². The van der Waals surface area contributed by atoms with Crippen LogP contribution in [0.3, 0.4) is 0 Å². The van der Waals surface area contributed by atoms with Gasteiger partial charge in [0.25, 0.3) is 5.91 Å². The highest BCUT2D eigenvalue weighted by molar-refractivity contribution is 6.05. The van der Waals surface area contributed by atoms with Crippen LogP contribution in [0.1, 0.15) is 41.5 Å². The molecule has 6 nitrogen and oxygen atoms in total. The third-order valence-electron chi connectivity index (χ3n) is 3.48. The lowest BCUT2D eigenvalue weighted by molar-refractivity contribution is -0.123. The van der Waals surface area contributed by atoms with Gasteiger partial charge in [-0.05, 0) is 48.5 Å². The van der Waals surface area contributed by atoms with Crippen LogP contribution in [0.5, 0.6) is 0 Å². The van der Waals surface area contributed by atoms with Crippen molar-refractivity contribution in [1.29, 1.82) is 0 Å². The Kier molecular flexibility index (Phi) is 5.22. The quantitative estimate of drug-likeness (QED) is 0.792. The minimum atomic E-state index is -1.02. The van der Waals surface area contributed by atoms with Crippen molar-refractivity contribution in [2.24, 2.45) is 5.41 Å². The molecule has 0 aliphatic carbocycles. The molecule has 0 bridgehead atoms. The highest BCUT2D eigenvalue weighted by Gasteiger charge is 2.21. The van der Waals surface area contributed by atoms with E-state index in [1.165, 1.54) is 24.3 Å². The van der Waals surface area contributed by atoms with Gasteiger partial charge >= 0.3 is 5.97 Å². The lowest BCUT2D eigenvalue weighted by Gasteiger charge is -2.17. The summed E-state index contributed by atoms with van der Waals surface area (Å²) in [7, 11) is 0. The molecule has 2 aromatic carbocycles. The van der Waals surface area contributed by atoms with Crippen LogP contribution >= 0.6 is 0 Å². The molecule has 0 spiro atoms. The fourth-order valence-electron chi connectivity index (χ4n) is 1.92. The van der Waals surface area contributed by atoms with Crippen molar-refractivity contribution in [2.75, 3.05) is 10.6 Å². The number of hydrogen-bond donors (Lipinski definition) is 3. The van der Waals surface area contributed by atoms with Gasteiger partial charge < -0.3 is 15.7 Å². The first-order valence-electron chi connectivity index (χ1n) is 7.73. The van der Waals surface area contributed by atoms with Crippen LogP contribution in [0.2, 0.25) is 0 Å². The number of aromatic carboxylic acids is 1. The Morgan fingerprint density at radius 2 is 1.20 bits per heavy atom. The number of carboxylic acid groups (broad SMARTS) is 1. The Labute approximate surface area is 145 Å². The van der Waals surface area contributed by atoms with E-state index in [2.05, 4.69) is 10.6 Å². The van der Waals surface area contributed by atoms with E-state index in [1.54, 1.807) is 24.3 Å². The van der Waals surface area contributed by atoms with E-state index in [0.29, 0.717) is 16.9 Å². The summed E-state index contributed by atoms with van der Waals surface area (Å²) in [5.74, 6) is -1.45. The average Bonchev–Trinajstić information content (AvgIpc) is 2.55. The Morgan fingerprint density at radius 3 is 1.64 bits per heavy atom. The van der Waals surface area contributed by atoms with E-state index < -0.39 is 11.4 Å². The molecule has 0 aliphatic heterocycles. The molecule has 0 unspecified atom stereocenters. The molecule has 0 fully saturated rings. The molecule has 0 aromatic heterocycles. The zero-order valence-corrected chi connectivity index (χ0v) is 14.3. The van der Waals surface area contributed by atoms with Crippen LogP contribution in [-0.2, 0) is 4.79 Å². The number of carboxylic acids is 1. The first-order chi connectivity index (χ1) is 11.7. The summed E-state index contributed by atoms with van der Waals surface area (Å²) in [5.41, 5.74) is 1.19. The fourth-order valence-corrected chi connectivity index (χ4v) is 1.92. The third-order valence-corrected chi connectivity index (χ3v) is 3.48. The molecule has 3 N–H and O–H groups in total. The summed E-state index contributed by atoms with van der Waals surface area (Å²) in [5, 5.41) is 14.3. The van der Waals surface area contributed by atoms with Crippen molar-refractivity contribution in [3.63, 3.8) is 0 Å². The Morgan fingerprint density at radius 1 is 0.760 bits per heavy atom. The van der Waals surface area contributed by atoms with Gasteiger partial charge in [-0.25, -0.2) is 4.79 Å². The Bertz CT molecular complexity index is 788. The summed E-state index contributed by atoms with van der Waals surface area (Å²) in [4.78, 5) is 35.0. The number of carbonyl (C=O) groups excluding carboxylic acids is 2. The number of benzene rings is 2. The molecule has 2 aromatic rings. The topological polar surface area (TPSA) is 95.5 Å². The normalized spacial score (nSPS) is 10.8. The molecule has 0 aliphatic rings. The summed E-state index contributed by atoms with van der Waals surface area (Å²) >= 11 is 0. The fraction of sp³-hybridized carbons (Fsp3) is 0.211. The second-order valence-corrected chi connectivity index (χ2v) is 6.62. The van der Waals surface area contributed by atoms with Crippen LogP contribution in [0, 0.1) is 5.41 Å². The van der Waals surface area contributed by atoms with Crippen molar-refractivity contribution in [3.8, 4) is 0 Å². The van der Waals surface area contributed by atoms with Crippen molar-refractivity contribution in [2.45, 2.75) is 20.8 Å². The molecule has 2 rings (SSSR count). The smallest absolute Gasteiger partial charge is 0.335 e. The van der Waals surface area contributed by atoms with Crippen molar-refractivity contribution in [3.05, 3.63) is 59.7 Å². The predicted octanol–water partition coefficient (Wildman–Crippen LogP) is 3.62. The number of carbonyl (C=O) groups is 3. The SMILES string of the molecule is CC(C)(C)C(=O)Nc1ccc(C(=O)Nc2ccc(C(=O)O)cc2)cc1. The van der Waals surface area contributed by atoms with Gasteiger partial charge in [0.1, 0.15) is 0 Å². The van der Waals surface area contributed by atoms with E-state index in [4.69, 9.17) is 5.11 Å². The van der Waals surface area contributed by atoms with Gasteiger partial charge in [0.05, 0.1) is 5.56 Å². The predicted molar refractivity (Wildman–Crippen MR) is 95.9 cm³/mol. The molecule has 0 saturated heterocycles. The summed E-state index contributed by atoms with van der Waals surface area (Å²) < 4.78 is 0. The van der Waals surface area contributed by atoms with Crippen LogP contribution in [-0.4, -0.2) is 22.9 Å². The molecule has 0 saturated carbocycles. The molecule has 0 atom stereocenters.